The Labute approximate surface area is 250 Å². The van der Waals surface area contributed by atoms with Crippen LogP contribution in [0.25, 0.3) is 0 Å². The first-order chi connectivity index (χ1) is 19.8. The Morgan fingerprint density at radius 2 is 1.71 bits per heavy atom. The summed E-state index contributed by atoms with van der Waals surface area (Å²) >= 11 is 0. The molecular weight excluding hydrogens is 532 g/mol. The van der Waals surface area contributed by atoms with Gasteiger partial charge in [-0.3, -0.25) is 20.2 Å². The second-order valence-corrected chi connectivity index (χ2v) is 14.8. The number of nitro benzene ring substituents is 2. The van der Waals surface area contributed by atoms with Crippen molar-refractivity contribution in [2.45, 2.75) is 111 Å². The highest BCUT2D eigenvalue weighted by Crippen LogP contribution is 2.67. The molecule has 4 aliphatic rings. The zero-order valence-corrected chi connectivity index (χ0v) is 26.0. The van der Waals surface area contributed by atoms with Crippen molar-refractivity contribution in [3.05, 3.63) is 55.6 Å². The molecule has 0 unspecified atom stereocenters. The van der Waals surface area contributed by atoms with E-state index in [1.807, 2.05) is 0 Å². The molecule has 8 heteroatoms. The number of allylic oxidation sites excluding steroid dienone is 1. The standard InChI is InChI=1S/C34H48N2O6/c1-21(2)7-6-8-22(3)27-12-13-28-26-11-10-24-20-25(15-17-33(24,4)29(26)16-18-34(27,28)5)42-32(37)23-9-14-30(35(38)39)31(19-23)36(40)41/h9-10,14,19,21-22,25-29H,6-8,11-13,15-18,20H2,1-5H3/t22-,25+,26+,27-,28+,29+,33+,34-/m1/s1. The lowest BCUT2D eigenvalue weighted by Gasteiger charge is -2.58. The molecular formula is C34H48N2O6. The number of fused-ring (bicyclic) bond motifs is 5. The van der Waals surface area contributed by atoms with E-state index in [1.54, 1.807) is 0 Å². The fourth-order valence-electron chi connectivity index (χ4n) is 9.92. The first-order valence-corrected chi connectivity index (χ1v) is 16.2. The van der Waals surface area contributed by atoms with Crippen molar-refractivity contribution < 1.29 is 19.4 Å². The van der Waals surface area contributed by atoms with E-state index >= 15 is 0 Å². The number of ether oxygens (including phenoxy) is 1. The van der Waals surface area contributed by atoms with E-state index in [9.17, 15) is 25.0 Å². The van der Waals surface area contributed by atoms with Crippen molar-refractivity contribution >= 4 is 17.3 Å². The number of carbonyl (C=O) groups excluding carboxylic acids is 1. The lowest BCUT2D eigenvalue weighted by atomic mass is 9.47. The van der Waals surface area contributed by atoms with Crippen LogP contribution in [0.1, 0.15) is 116 Å². The van der Waals surface area contributed by atoms with Gasteiger partial charge in [-0.25, -0.2) is 4.79 Å². The van der Waals surface area contributed by atoms with Gasteiger partial charge in [-0.1, -0.05) is 65.5 Å². The van der Waals surface area contributed by atoms with Crippen molar-refractivity contribution in [1.82, 2.24) is 0 Å². The Morgan fingerprint density at radius 1 is 0.976 bits per heavy atom. The molecule has 0 spiro atoms. The molecule has 0 bridgehead atoms. The van der Waals surface area contributed by atoms with Crippen LogP contribution in [0.3, 0.4) is 0 Å². The molecule has 230 valence electrons. The lowest BCUT2D eigenvalue weighted by Crippen LogP contribution is -2.51. The van der Waals surface area contributed by atoms with Crippen molar-refractivity contribution in [1.29, 1.82) is 0 Å². The van der Waals surface area contributed by atoms with Crippen LogP contribution in [0, 0.1) is 66.6 Å². The lowest BCUT2D eigenvalue weighted by molar-refractivity contribution is -0.422. The summed E-state index contributed by atoms with van der Waals surface area (Å²) in [6, 6.07) is 3.20. The first-order valence-electron chi connectivity index (χ1n) is 16.2. The predicted octanol–water partition coefficient (Wildman–Crippen LogP) is 9.07. The van der Waals surface area contributed by atoms with Crippen molar-refractivity contribution in [2.24, 2.45) is 46.3 Å². The number of carbonyl (C=O) groups is 1. The smallest absolute Gasteiger partial charge is 0.346 e. The Morgan fingerprint density at radius 3 is 2.40 bits per heavy atom. The Hall–Kier alpha value is -2.77. The summed E-state index contributed by atoms with van der Waals surface area (Å²) in [6.45, 7) is 12.2. The van der Waals surface area contributed by atoms with E-state index < -0.39 is 27.2 Å². The molecule has 4 aliphatic carbocycles. The van der Waals surface area contributed by atoms with Gasteiger partial charge in [0.05, 0.1) is 15.4 Å². The van der Waals surface area contributed by atoms with Gasteiger partial charge in [0.15, 0.2) is 0 Å². The Bertz CT molecular complexity index is 1260. The quantitative estimate of drug-likeness (QED) is 0.125. The first kappa shape index (κ1) is 30.7. The fourth-order valence-corrected chi connectivity index (χ4v) is 9.92. The minimum absolute atomic E-state index is 0.0286. The molecule has 0 aliphatic heterocycles. The molecule has 3 saturated carbocycles. The average molecular weight is 581 g/mol. The molecule has 0 aromatic heterocycles. The summed E-state index contributed by atoms with van der Waals surface area (Å²) < 4.78 is 5.84. The van der Waals surface area contributed by atoms with Crippen LogP contribution in [0.5, 0.6) is 0 Å². The van der Waals surface area contributed by atoms with Crippen LogP contribution in [-0.4, -0.2) is 21.9 Å². The van der Waals surface area contributed by atoms with Crippen LogP contribution < -0.4 is 0 Å². The molecule has 0 N–H and O–H groups in total. The molecule has 8 nitrogen and oxygen atoms in total. The summed E-state index contributed by atoms with van der Waals surface area (Å²) in [5.41, 5.74) is 0.613. The predicted molar refractivity (Wildman–Crippen MR) is 162 cm³/mol. The maximum atomic E-state index is 12.9. The maximum Gasteiger partial charge on any atom is 0.346 e. The topological polar surface area (TPSA) is 113 Å². The highest BCUT2D eigenvalue weighted by atomic mass is 16.6. The molecule has 1 aromatic rings. The van der Waals surface area contributed by atoms with E-state index in [-0.39, 0.29) is 17.1 Å². The zero-order valence-electron chi connectivity index (χ0n) is 26.0. The number of rotatable bonds is 9. The zero-order chi connectivity index (χ0) is 30.4. The van der Waals surface area contributed by atoms with Gasteiger partial charge in [0, 0.05) is 18.6 Å². The fraction of sp³-hybridized carbons (Fsp3) is 0.735. The van der Waals surface area contributed by atoms with Crippen molar-refractivity contribution in [3.63, 3.8) is 0 Å². The van der Waals surface area contributed by atoms with E-state index in [1.165, 1.54) is 56.6 Å². The van der Waals surface area contributed by atoms with Gasteiger partial charge in [0.1, 0.15) is 6.10 Å². The Balaban J connectivity index is 1.25. The molecule has 42 heavy (non-hydrogen) atoms. The van der Waals surface area contributed by atoms with Gasteiger partial charge in [-0.05, 0) is 97.3 Å². The van der Waals surface area contributed by atoms with Gasteiger partial charge < -0.3 is 4.74 Å². The molecule has 8 atom stereocenters. The number of hydrogen-bond donors (Lipinski definition) is 0. The number of hydrogen-bond acceptors (Lipinski definition) is 6. The third kappa shape index (κ3) is 5.50. The monoisotopic (exact) mass is 580 g/mol. The number of esters is 1. The van der Waals surface area contributed by atoms with E-state index in [0.717, 1.165) is 61.0 Å². The molecule has 3 fully saturated rings. The van der Waals surface area contributed by atoms with Gasteiger partial charge in [-0.2, -0.15) is 0 Å². The second-order valence-electron chi connectivity index (χ2n) is 14.8. The second kappa shape index (κ2) is 11.7. The summed E-state index contributed by atoms with van der Waals surface area (Å²) in [7, 11) is 0. The molecule has 5 rings (SSSR count). The third-order valence-corrected chi connectivity index (χ3v) is 12.1. The van der Waals surface area contributed by atoms with Crippen LogP contribution >= 0.6 is 0 Å². The highest BCUT2D eigenvalue weighted by Gasteiger charge is 2.59. The van der Waals surface area contributed by atoms with E-state index in [2.05, 4.69) is 40.7 Å². The van der Waals surface area contributed by atoms with Crippen molar-refractivity contribution in [3.8, 4) is 0 Å². The molecule has 0 saturated heterocycles. The number of nitrogens with zero attached hydrogens (tertiary/aromatic N) is 2. The van der Waals surface area contributed by atoms with E-state index in [0.29, 0.717) is 17.8 Å². The minimum atomic E-state index is -0.834. The molecule has 0 heterocycles. The minimum Gasteiger partial charge on any atom is -0.458 e. The summed E-state index contributed by atoms with van der Waals surface area (Å²) in [4.78, 5) is 33.8. The van der Waals surface area contributed by atoms with Crippen LogP contribution in [0.4, 0.5) is 11.4 Å². The normalized spacial score (nSPS) is 34.5. The van der Waals surface area contributed by atoms with E-state index in [4.69, 9.17) is 4.74 Å². The maximum absolute atomic E-state index is 12.9. The summed E-state index contributed by atoms with van der Waals surface area (Å²) in [5.74, 6) is 3.93. The largest absolute Gasteiger partial charge is 0.458 e. The van der Waals surface area contributed by atoms with Gasteiger partial charge in [0.25, 0.3) is 0 Å². The van der Waals surface area contributed by atoms with Crippen LogP contribution in [-0.2, 0) is 4.74 Å². The number of nitro groups is 2. The van der Waals surface area contributed by atoms with Crippen LogP contribution in [0.15, 0.2) is 29.8 Å². The summed E-state index contributed by atoms with van der Waals surface area (Å²) in [5, 5.41) is 22.5. The van der Waals surface area contributed by atoms with Crippen LogP contribution in [0.2, 0.25) is 0 Å². The SMILES string of the molecule is CC(C)CCC[C@@H](C)[C@H]1CC[C@H]2[C@@H]3CC=C4C[C@@H](OC(=O)c5ccc([N+](=O)[O-])c([N+](=O)[O-])c5)CC[C@]4(C)[C@H]3CC[C@]12C. The molecule has 0 amide bonds. The summed E-state index contributed by atoms with van der Waals surface area (Å²) in [6.07, 6.45) is 15.1. The number of benzene rings is 1. The Kier molecular flexibility index (Phi) is 8.56. The van der Waals surface area contributed by atoms with Gasteiger partial charge >= 0.3 is 17.3 Å². The molecule has 1 aromatic carbocycles. The third-order valence-electron chi connectivity index (χ3n) is 12.1. The van der Waals surface area contributed by atoms with Crippen molar-refractivity contribution in [2.75, 3.05) is 0 Å². The highest BCUT2D eigenvalue weighted by molar-refractivity contribution is 5.91. The van der Waals surface area contributed by atoms with Gasteiger partial charge in [-0.15, -0.1) is 0 Å². The molecule has 0 radical (unpaired) electrons. The van der Waals surface area contributed by atoms with Gasteiger partial charge in [0.2, 0.25) is 0 Å². The average Bonchev–Trinajstić information content (AvgIpc) is 3.29.